The van der Waals surface area contributed by atoms with Crippen LogP contribution in [0.25, 0.3) is 0 Å². The van der Waals surface area contributed by atoms with Crippen molar-refractivity contribution in [1.29, 1.82) is 0 Å². The summed E-state index contributed by atoms with van der Waals surface area (Å²) in [6.45, 7) is 0. The van der Waals surface area contributed by atoms with Crippen molar-refractivity contribution >= 4 is 17.2 Å². The first kappa shape index (κ1) is 7.15. The molecular formula is C7H8N2S. The quantitative estimate of drug-likeness (QED) is 0.607. The SMILES string of the molecule is CNC(=S)c1ccccn1. The van der Waals surface area contributed by atoms with E-state index >= 15 is 0 Å². The number of hydrogen-bond acceptors (Lipinski definition) is 2. The summed E-state index contributed by atoms with van der Waals surface area (Å²) in [7, 11) is 1.79. The Morgan fingerprint density at radius 2 is 2.40 bits per heavy atom. The summed E-state index contributed by atoms with van der Waals surface area (Å²) in [5, 5.41) is 2.85. The highest BCUT2D eigenvalue weighted by Gasteiger charge is 1.95. The first-order chi connectivity index (χ1) is 4.84. The lowest BCUT2D eigenvalue weighted by Crippen LogP contribution is -2.17. The summed E-state index contributed by atoms with van der Waals surface area (Å²) in [6.07, 6.45) is 1.72. The van der Waals surface area contributed by atoms with Gasteiger partial charge in [-0.05, 0) is 12.1 Å². The molecule has 0 aliphatic carbocycles. The first-order valence-corrected chi connectivity index (χ1v) is 3.38. The predicted octanol–water partition coefficient (Wildman–Crippen LogP) is 0.976. The molecule has 10 heavy (non-hydrogen) atoms. The summed E-state index contributed by atoms with van der Waals surface area (Å²) >= 11 is 4.95. The molecule has 2 nitrogen and oxygen atoms in total. The van der Waals surface area contributed by atoms with E-state index in [-0.39, 0.29) is 0 Å². The van der Waals surface area contributed by atoms with Gasteiger partial charge in [0.2, 0.25) is 0 Å². The van der Waals surface area contributed by atoms with Gasteiger partial charge in [-0.3, -0.25) is 4.98 Å². The lowest BCUT2D eigenvalue weighted by molar-refractivity contribution is 1.17. The molecule has 1 rings (SSSR count). The molecule has 0 bridgehead atoms. The van der Waals surface area contributed by atoms with Gasteiger partial charge in [0.15, 0.2) is 0 Å². The van der Waals surface area contributed by atoms with Crippen LogP contribution >= 0.6 is 12.2 Å². The van der Waals surface area contributed by atoms with Crippen LogP contribution in [0.5, 0.6) is 0 Å². The summed E-state index contributed by atoms with van der Waals surface area (Å²) < 4.78 is 0. The van der Waals surface area contributed by atoms with E-state index in [4.69, 9.17) is 12.2 Å². The molecule has 1 heterocycles. The molecule has 0 aromatic carbocycles. The van der Waals surface area contributed by atoms with E-state index in [1.165, 1.54) is 0 Å². The Kier molecular flexibility index (Phi) is 2.34. The van der Waals surface area contributed by atoms with Crippen LogP contribution in [0.2, 0.25) is 0 Å². The first-order valence-electron chi connectivity index (χ1n) is 2.97. The van der Waals surface area contributed by atoms with Gasteiger partial charge in [0, 0.05) is 13.2 Å². The van der Waals surface area contributed by atoms with Gasteiger partial charge < -0.3 is 5.32 Å². The monoisotopic (exact) mass is 152 g/mol. The van der Waals surface area contributed by atoms with Gasteiger partial charge in [-0.25, -0.2) is 0 Å². The third-order valence-corrected chi connectivity index (χ3v) is 1.54. The van der Waals surface area contributed by atoms with Crippen molar-refractivity contribution in [1.82, 2.24) is 10.3 Å². The van der Waals surface area contributed by atoms with Crippen LogP contribution < -0.4 is 5.32 Å². The fraction of sp³-hybridized carbons (Fsp3) is 0.143. The van der Waals surface area contributed by atoms with E-state index in [2.05, 4.69) is 10.3 Å². The van der Waals surface area contributed by atoms with Crippen molar-refractivity contribution in [2.24, 2.45) is 0 Å². The van der Waals surface area contributed by atoms with Gasteiger partial charge >= 0.3 is 0 Å². The largest absolute Gasteiger partial charge is 0.378 e. The maximum absolute atomic E-state index is 4.95. The Hall–Kier alpha value is -0.960. The van der Waals surface area contributed by atoms with Gasteiger partial charge in [0.05, 0.1) is 5.69 Å². The molecule has 0 spiro atoms. The zero-order valence-electron chi connectivity index (χ0n) is 5.66. The summed E-state index contributed by atoms with van der Waals surface area (Å²) in [5.41, 5.74) is 0.819. The van der Waals surface area contributed by atoms with Gasteiger partial charge in [0.25, 0.3) is 0 Å². The number of rotatable bonds is 1. The normalized spacial score (nSPS) is 8.90. The zero-order valence-corrected chi connectivity index (χ0v) is 6.48. The van der Waals surface area contributed by atoms with Crippen LogP contribution in [0.15, 0.2) is 24.4 Å². The number of nitrogens with zero attached hydrogens (tertiary/aromatic N) is 1. The fourth-order valence-corrected chi connectivity index (χ4v) is 0.746. The molecular weight excluding hydrogens is 144 g/mol. The Balaban J connectivity index is 2.85. The second kappa shape index (κ2) is 3.27. The molecule has 0 radical (unpaired) electrons. The lowest BCUT2D eigenvalue weighted by Gasteiger charge is -1.98. The molecule has 0 amide bonds. The summed E-state index contributed by atoms with van der Waals surface area (Å²) in [5.74, 6) is 0. The van der Waals surface area contributed by atoms with E-state index in [9.17, 15) is 0 Å². The fourth-order valence-electron chi connectivity index (χ4n) is 0.625. The molecule has 0 aliphatic rings. The molecule has 0 unspecified atom stereocenters. The number of aromatic nitrogens is 1. The third kappa shape index (κ3) is 1.51. The number of nitrogens with one attached hydrogen (secondary N) is 1. The molecule has 0 fully saturated rings. The Labute approximate surface area is 65.3 Å². The van der Waals surface area contributed by atoms with Crippen LogP contribution in [-0.4, -0.2) is 17.0 Å². The number of hydrogen-bond donors (Lipinski definition) is 1. The molecule has 3 heteroatoms. The van der Waals surface area contributed by atoms with Crippen LogP contribution in [0.1, 0.15) is 5.69 Å². The number of pyridine rings is 1. The summed E-state index contributed by atoms with van der Waals surface area (Å²) in [4.78, 5) is 4.73. The average Bonchev–Trinajstić information content (AvgIpc) is 2.05. The Morgan fingerprint density at radius 1 is 1.60 bits per heavy atom. The van der Waals surface area contributed by atoms with Crippen molar-refractivity contribution in [3.8, 4) is 0 Å². The topological polar surface area (TPSA) is 24.9 Å². The Morgan fingerprint density at radius 3 is 2.90 bits per heavy atom. The minimum Gasteiger partial charge on any atom is -0.378 e. The van der Waals surface area contributed by atoms with Crippen LogP contribution in [0.4, 0.5) is 0 Å². The van der Waals surface area contributed by atoms with E-state index in [1.807, 2.05) is 18.2 Å². The van der Waals surface area contributed by atoms with E-state index in [0.29, 0.717) is 4.99 Å². The van der Waals surface area contributed by atoms with Crippen LogP contribution in [-0.2, 0) is 0 Å². The maximum atomic E-state index is 4.95. The van der Waals surface area contributed by atoms with Gasteiger partial charge in [-0.2, -0.15) is 0 Å². The van der Waals surface area contributed by atoms with Crippen molar-refractivity contribution in [3.05, 3.63) is 30.1 Å². The third-order valence-electron chi connectivity index (χ3n) is 1.12. The van der Waals surface area contributed by atoms with Gasteiger partial charge in [0.1, 0.15) is 4.99 Å². The molecule has 0 atom stereocenters. The molecule has 0 aliphatic heterocycles. The lowest BCUT2D eigenvalue weighted by atomic mass is 10.3. The van der Waals surface area contributed by atoms with Gasteiger partial charge in [-0.1, -0.05) is 18.3 Å². The van der Waals surface area contributed by atoms with Crippen molar-refractivity contribution in [2.75, 3.05) is 7.05 Å². The van der Waals surface area contributed by atoms with E-state index in [1.54, 1.807) is 13.2 Å². The van der Waals surface area contributed by atoms with Crippen molar-refractivity contribution < 1.29 is 0 Å². The zero-order chi connectivity index (χ0) is 7.40. The standard InChI is InChI=1S/C7H8N2S/c1-8-7(10)6-4-2-3-5-9-6/h2-5H,1H3,(H,8,10). The Bertz CT molecular complexity index is 220. The molecule has 1 N–H and O–H groups in total. The van der Waals surface area contributed by atoms with Crippen LogP contribution in [0, 0.1) is 0 Å². The molecule has 52 valence electrons. The summed E-state index contributed by atoms with van der Waals surface area (Å²) in [6, 6.07) is 5.65. The van der Waals surface area contributed by atoms with Crippen LogP contribution in [0.3, 0.4) is 0 Å². The smallest absolute Gasteiger partial charge is 0.125 e. The predicted molar refractivity (Wildman–Crippen MR) is 45.0 cm³/mol. The molecule has 1 aromatic rings. The molecule has 0 saturated carbocycles. The second-order valence-electron chi connectivity index (χ2n) is 1.79. The van der Waals surface area contributed by atoms with E-state index in [0.717, 1.165) is 5.69 Å². The average molecular weight is 152 g/mol. The maximum Gasteiger partial charge on any atom is 0.125 e. The van der Waals surface area contributed by atoms with Crippen molar-refractivity contribution in [3.63, 3.8) is 0 Å². The highest BCUT2D eigenvalue weighted by molar-refractivity contribution is 7.80. The minimum atomic E-state index is 0.681. The van der Waals surface area contributed by atoms with Gasteiger partial charge in [-0.15, -0.1) is 0 Å². The van der Waals surface area contributed by atoms with E-state index < -0.39 is 0 Å². The minimum absolute atomic E-state index is 0.681. The molecule has 1 aromatic heterocycles. The van der Waals surface area contributed by atoms with Crippen molar-refractivity contribution in [2.45, 2.75) is 0 Å². The highest BCUT2D eigenvalue weighted by Crippen LogP contribution is 1.92. The molecule has 0 saturated heterocycles. The second-order valence-corrected chi connectivity index (χ2v) is 2.20. The number of thiocarbonyl (C=S) groups is 1. The highest BCUT2D eigenvalue weighted by atomic mass is 32.1.